The van der Waals surface area contributed by atoms with Gasteiger partial charge in [0.05, 0.1) is 29.4 Å². The molecule has 6 aromatic rings. The van der Waals surface area contributed by atoms with Crippen molar-refractivity contribution < 1.29 is 14.3 Å². The Morgan fingerprint density at radius 1 is 0.895 bits per heavy atom. The first-order chi connectivity index (χ1) is 27.5. The Bertz CT molecular complexity index is 2320. The molecule has 14 heteroatoms. The van der Waals surface area contributed by atoms with E-state index in [1.807, 2.05) is 85.8 Å². The smallest absolute Gasteiger partial charge is 0.324 e. The summed E-state index contributed by atoms with van der Waals surface area (Å²) in [7, 11) is 2.09. The van der Waals surface area contributed by atoms with E-state index in [9.17, 15) is 9.59 Å². The highest BCUT2D eigenvalue weighted by Gasteiger charge is 2.25. The molecule has 1 aliphatic heterocycles. The number of nitrogens with zero attached hydrogens (tertiary/aromatic N) is 7. The molecule has 57 heavy (non-hydrogen) atoms. The zero-order chi connectivity index (χ0) is 39.9. The number of fused-ring (bicyclic) bond motifs is 1. The van der Waals surface area contributed by atoms with Crippen LogP contribution in [0, 0.1) is 6.92 Å². The number of carbonyl (C=O) groups excluding carboxylic acids is 2. The highest BCUT2D eigenvalue weighted by Crippen LogP contribution is 2.33. The molecule has 1 aliphatic rings. The van der Waals surface area contributed by atoms with Crippen molar-refractivity contribution in [3.63, 3.8) is 0 Å². The van der Waals surface area contributed by atoms with E-state index in [1.54, 1.807) is 17.1 Å². The van der Waals surface area contributed by atoms with Crippen molar-refractivity contribution in [2.75, 3.05) is 55.7 Å². The lowest BCUT2D eigenvalue weighted by molar-refractivity contribution is 0.0913. The molecule has 4 heterocycles. The molecule has 294 valence electrons. The molecule has 0 saturated carbocycles. The Labute approximate surface area is 332 Å². The number of anilines is 3. The Kier molecular flexibility index (Phi) is 11.7. The minimum Gasteiger partial charge on any atom is -0.488 e. The van der Waals surface area contributed by atoms with Crippen LogP contribution in [0.15, 0.2) is 104 Å². The van der Waals surface area contributed by atoms with Crippen LogP contribution in [-0.4, -0.2) is 92.4 Å². The van der Waals surface area contributed by atoms with Crippen molar-refractivity contribution in [3.05, 3.63) is 126 Å². The maximum absolute atomic E-state index is 13.5. The molecule has 3 amide bonds. The van der Waals surface area contributed by atoms with E-state index in [0.29, 0.717) is 42.6 Å². The number of aryl methyl sites for hydroxylation is 1. The zero-order valence-corrected chi connectivity index (χ0v) is 33.0. The van der Waals surface area contributed by atoms with E-state index in [0.717, 1.165) is 58.7 Å². The van der Waals surface area contributed by atoms with Crippen molar-refractivity contribution in [3.8, 4) is 11.4 Å². The molecule has 1 atom stereocenters. The van der Waals surface area contributed by atoms with Gasteiger partial charge in [0.15, 0.2) is 0 Å². The predicted octanol–water partition coefficient (Wildman–Crippen LogP) is 6.45. The van der Waals surface area contributed by atoms with Gasteiger partial charge in [0, 0.05) is 73.6 Å². The topological polar surface area (TPSA) is 154 Å². The fourth-order valence-corrected chi connectivity index (χ4v) is 6.59. The van der Waals surface area contributed by atoms with E-state index < -0.39 is 0 Å². The van der Waals surface area contributed by atoms with Gasteiger partial charge < -0.3 is 20.7 Å². The lowest BCUT2D eigenvalue weighted by Gasteiger charge is -2.40. The molecule has 0 spiro atoms. The second kappa shape index (κ2) is 17.2. The molecule has 3 aromatic heterocycles. The van der Waals surface area contributed by atoms with Crippen LogP contribution in [0.4, 0.5) is 22.1 Å². The number of carbonyl (C=O) groups is 2. The number of amides is 3. The molecule has 1 fully saturated rings. The number of rotatable bonds is 12. The van der Waals surface area contributed by atoms with Crippen LogP contribution in [0.5, 0.6) is 5.75 Å². The minimum absolute atomic E-state index is 0.0306. The number of aromatic nitrogens is 5. The van der Waals surface area contributed by atoms with Gasteiger partial charge in [-0.2, -0.15) is 5.10 Å². The summed E-state index contributed by atoms with van der Waals surface area (Å²) in [6, 6.07) is 25.1. The highest BCUT2D eigenvalue weighted by molar-refractivity contribution is 6.07. The quantitative estimate of drug-likeness (QED) is 0.109. The SMILES string of the molecule is Cc1ccc(-n2nc(C(C)(C)C)cc2NC(=O)Nc2ccc(OCc3ccnc(NC4CN(CCNC(=O)c5cnccn5)CCN4C)c3)c3ccccc23)cc1. The first kappa shape index (κ1) is 38.9. The van der Waals surface area contributed by atoms with Crippen LogP contribution >= 0.6 is 0 Å². The number of pyridine rings is 1. The average Bonchev–Trinajstić information content (AvgIpc) is 3.64. The summed E-state index contributed by atoms with van der Waals surface area (Å²) in [5.41, 5.74) is 4.58. The maximum Gasteiger partial charge on any atom is 0.324 e. The molecule has 7 rings (SSSR count). The van der Waals surface area contributed by atoms with Crippen molar-refractivity contribution in [2.24, 2.45) is 0 Å². The lowest BCUT2D eigenvalue weighted by Crippen LogP contribution is -2.55. The summed E-state index contributed by atoms with van der Waals surface area (Å²) in [5, 5.41) is 19.2. The van der Waals surface area contributed by atoms with Gasteiger partial charge in [0.2, 0.25) is 0 Å². The number of nitrogens with one attached hydrogen (secondary N) is 4. The predicted molar refractivity (Wildman–Crippen MR) is 223 cm³/mol. The van der Waals surface area contributed by atoms with Gasteiger partial charge >= 0.3 is 6.03 Å². The van der Waals surface area contributed by atoms with Crippen LogP contribution < -0.4 is 26.0 Å². The first-order valence-electron chi connectivity index (χ1n) is 19.1. The standard InChI is InChI=1S/C43H49N11O3/c1-29-10-12-31(13-11-29)54-39(25-37(51-54)43(2,3)4)50-42(56)48-34-14-15-36(33-9-7-6-8-32(33)34)57-28-30-16-17-46-38(24-30)49-40-27-53(23-22-52(40)5)21-20-47-41(55)35-26-44-18-19-45-35/h6-19,24-26,40H,20-23,27-28H2,1-5H3,(H,46,49)(H,47,55)(H2,48,50,56). The van der Waals surface area contributed by atoms with Gasteiger partial charge in [-0.05, 0) is 55.9 Å². The van der Waals surface area contributed by atoms with Crippen molar-refractivity contribution in [1.29, 1.82) is 0 Å². The highest BCUT2D eigenvalue weighted by atomic mass is 16.5. The van der Waals surface area contributed by atoms with Gasteiger partial charge in [-0.15, -0.1) is 0 Å². The molecule has 0 radical (unpaired) electrons. The monoisotopic (exact) mass is 767 g/mol. The third-order valence-corrected chi connectivity index (χ3v) is 9.90. The number of likely N-dealkylation sites (N-methyl/N-ethyl adjacent to an activating group) is 1. The Morgan fingerprint density at radius 3 is 2.47 bits per heavy atom. The van der Waals surface area contributed by atoms with E-state index >= 15 is 0 Å². The lowest BCUT2D eigenvalue weighted by atomic mass is 9.92. The molecule has 1 unspecified atom stereocenters. The summed E-state index contributed by atoms with van der Waals surface area (Å²) in [6.45, 7) is 12.4. The van der Waals surface area contributed by atoms with Crippen LogP contribution in [0.2, 0.25) is 0 Å². The molecular formula is C43H49N11O3. The Balaban J connectivity index is 0.974. The molecular weight excluding hydrogens is 719 g/mol. The fourth-order valence-electron chi connectivity index (χ4n) is 6.59. The minimum atomic E-state index is -0.378. The number of ether oxygens (including phenoxy) is 1. The van der Waals surface area contributed by atoms with E-state index in [-0.39, 0.29) is 23.5 Å². The molecule has 0 bridgehead atoms. The first-order valence-corrected chi connectivity index (χ1v) is 19.1. The fraction of sp³-hybridized carbons (Fsp3) is 0.302. The van der Waals surface area contributed by atoms with Crippen molar-refractivity contribution >= 4 is 40.0 Å². The Morgan fingerprint density at radius 2 is 1.70 bits per heavy atom. The normalized spacial score (nSPS) is 14.9. The van der Waals surface area contributed by atoms with Gasteiger partial charge in [-0.3, -0.25) is 24.9 Å². The summed E-state index contributed by atoms with van der Waals surface area (Å²) in [4.78, 5) is 43.1. The third-order valence-electron chi connectivity index (χ3n) is 9.90. The maximum atomic E-state index is 13.5. The largest absolute Gasteiger partial charge is 0.488 e. The number of benzene rings is 3. The third kappa shape index (κ3) is 9.72. The zero-order valence-electron chi connectivity index (χ0n) is 33.0. The summed E-state index contributed by atoms with van der Waals surface area (Å²) in [5.74, 6) is 1.79. The van der Waals surface area contributed by atoms with Gasteiger partial charge in [0.1, 0.15) is 29.7 Å². The van der Waals surface area contributed by atoms with Gasteiger partial charge in [-0.25, -0.2) is 19.4 Å². The molecule has 14 nitrogen and oxygen atoms in total. The number of hydrogen-bond acceptors (Lipinski definition) is 10. The van der Waals surface area contributed by atoms with E-state index in [2.05, 4.69) is 73.8 Å². The molecule has 3 aromatic carbocycles. The van der Waals surface area contributed by atoms with Crippen LogP contribution in [0.3, 0.4) is 0 Å². The van der Waals surface area contributed by atoms with Crippen molar-refractivity contribution in [1.82, 2.24) is 39.8 Å². The molecule has 4 N–H and O–H groups in total. The Hall–Kier alpha value is -6.38. The number of piperazine rings is 1. The van der Waals surface area contributed by atoms with Crippen molar-refractivity contribution in [2.45, 2.75) is 45.9 Å². The van der Waals surface area contributed by atoms with Crippen LogP contribution in [-0.2, 0) is 12.0 Å². The van der Waals surface area contributed by atoms with E-state index in [4.69, 9.17) is 9.84 Å². The van der Waals surface area contributed by atoms with Crippen LogP contribution in [0.1, 0.15) is 48.1 Å². The number of urea groups is 1. The molecule has 0 aliphatic carbocycles. The summed E-state index contributed by atoms with van der Waals surface area (Å²) in [6.07, 6.45) is 6.33. The number of hydrogen-bond donors (Lipinski definition) is 4. The second-order valence-corrected chi connectivity index (χ2v) is 15.3. The van der Waals surface area contributed by atoms with E-state index in [1.165, 1.54) is 12.4 Å². The second-order valence-electron chi connectivity index (χ2n) is 15.3. The van der Waals surface area contributed by atoms with Gasteiger partial charge in [-0.1, -0.05) is 62.7 Å². The summed E-state index contributed by atoms with van der Waals surface area (Å²) < 4.78 is 8.16. The summed E-state index contributed by atoms with van der Waals surface area (Å²) >= 11 is 0. The van der Waals surface area contributed by atoms with Gasteiger partial charge in [0.25, 0.3) is 5.91 Å². The van der Waals surface area contributed by atoms with Crippen LogP contribution in [0.25, 0.3) is 16.5 Å². The molecule has 1 saturated heterocycles. The average molecular weight is 768 g/mol.